The molecule has 0 spiro atoms. The number of carbonyl (C=O) groups excluding carboxylic acids is 1. The third-order valence-electron chi connectivity index (χ3n) is 3.54. The molecule has 0 unspecified atom stereocenters. The van der Waals surface area contributed by atoms with Gasteiger partial charge in [0.2, 0.25) is 0 Å². The highest BCUT2D eigenvalue weighted by Gasteiger charge is 2.29. The van der Waals surface area contributed by atoms with Crippen molar-refractivity contribution in [1.82, 2.24) is 4.90 Å². The minimum Gasteiger partial charge on any atom is -0.300 e. The van der Waals surface area contributed by atoms with E-state index in [4.69, 9.17) is 0 Å². The molecule has 20 heavy (non-hydrogen) atoms. The SMILES string of the molecule is CC(C)CN(CCC(=O)c1cccc(F)c1F)C1CC1. The Morgan fingerprint density at radius 1 is 1.35 bits per heavy atom. The van der Waals surface area contributed by atoms with Crippen LogP contribution in [0.1, 0.15) is 43.5 Å². The van der Waals surface area contributed by atoms with Gasteiger partial charge in [-0.25, -0.2) is 8.78 Å². The average Bonchev–Trinajstić information content (AvgIpc) is 3.21. The highest BCUT2D eigenvalue weighted by molar-refractivity contribution is 5.96. The van der Waals surface area contributed by atoms with E-state index in [1.807, 2.05) is 0 Å². The van der Waals surface area contributed by atoms with Crippen molar-refractivity contribution >= 4 is 5.78 Å². The van der Waals surface area contributed by atoms with Gasteiger partial charge >= 0.3 is 0 Å². The van der Waals surface area contributed by atoms with Crippen LogP contribution in [-0.4, -0.2) is 29.8 Å². The normalized spacial score (nSPS) is 15.1. The third kappa shape index (κ3) is 3.85. The fraction of sp³-hybridized carbons (Fsp3) is 0.562. The van der Waals surface area contributed by atoms with Crippen molar-refractivity contribution < 1.29 is 13.6 Å². The number of rotatable bonds is 7. The highest BCUT2D eigenvalue weighted by Crippen LogP contribution is 2.28. The van der Waals surface area contributed by atoms with Crippen LogP contribution in [0.3, 0.4) is 0 Å². The van der Waals surface area contributed by atoms with Gasteiger partial charge in [-0.2, -0.15) is 0 Å². The molecule has 0 saturated heterocycles. The topological polar surface area (TPSA) is 20.3 Å². The number of Topliss-reactive ketones (excluding diaryl/α,β-unsaturated/α-hetero) is 1. The van der Waals surface area contributed by atoms with Crippen molar-refractivity contribution in [2.75, 3.05) is 13.1 Å². The molecule has 1 aliphatic rings. The molecule has 1 aliphatic carbocycles. The lowest BCUT2D eigenvalue weighted by Crippen LogP contribution is -2.32. The first-order chi connectivity index (χ1) is 9.49. The molecular formula is C16H21F2NO. The molecular weight excluding hydrogens is 260 g/mol. The summed E-state index contributed by atoms with van der Waals surface area (Å²) in [5.74, 6) is -1.77. The van der Waals surface area contributed by atoms with E-state index in [0.717, 1.165) is 12.6 Å². The number of nitrogens with zero attached hydrogens (tertiary/aromatic N) is 1. The van der Waals surface area contributed by atoms with Crippen molar-refractivity contribution in [3.05, 3.63) is 35.4 Å². The van der Waals surface area contributed by atoms with E-state index in [1.165, 1.54) is 25.0 Å². The van der Waals surface area contributed by atoms with E-state index in [-0.39, 0.29) is 17.8 Å². The summed E-state index contributed by atoms with van der Waals surface area (Å²) in [4.78, 5) is 14.3. The van der Waals surface area contributed by atoms with Gasteiger partial charge in [0, 0.05) is 25.6 Å². The fourth-order valence-electron chi connectivity index (χ4n) is 2.43. The van der Waals surface area contributed by atoms with Crippen molar-refractivity contribution in [2.45, 2.75) is 39.2 Å². The molecule has 0 radical (unpaired) electrons. The standard InChI is InChI=1S/C16H21F2NO/c1-11(2)10-19(12-6-7-12)9-8-15(20)13-4-3-5-14(17)16(13)18/h3-5,11-12H,6-10H2,1-2H3. The zero-order chi connectivity index (χ0) is 14.7. The molecule has 1 fully saturated rings. The number of ketones is 1. The lowest BCUT2D eigenvalue weighted by molar-refractivity contribution is 0.0953. The molecule has 0 atom stereocenters. The molecule has 0 N–H and O–H groups in total. The summed E-state index contributed by atoms with van der Waals surface area (Å²) in [5, 5.41) is 0. The van der Waals surface area contributed by atoms with Crippen molar-refractivity contribution in [3.63, 3.8) is 0 Å². The largest absolute Gasteiger partial charge is 0.300 e. The first kappa shape index (κ1) is 15.1. The summed E-state index contributed by atoms with van der Waals surface area (Å²) in [7, 11) is 0. The van der Waals surface area contributed by atoms with Gasteiger partial charge in [-0.3, -0.25) is 9.69 Å². The Labute approximate surface area is 118 Å². The van der Waals surface area contributed by atoms with Crippen molar-refractivity contribution in [2.24, 2.45) is 5.92 Å². The van der Waals surface area contributed by atoms with Crippen LogP contribution in [0.15, 0.2) is 18.2 Å². The summed E-state index contributed by atoms with van der Waals surface area (Å²) >= 11 is 0. The van der Waals surface area contributed by atoms with Crippen LogP contribution >= 0.6 is 0 Å². The van der Waals surface area contributed by atoms with Crippen LogP contribution in [-0.2, 0) is 0 Å². The van der Waals surface area contributed by atoms with E-state index in [9.17, 15) is 13.6 Å². The Hall–Kier alpha value is -1.29. The number of carbonyl (C=O) groups is 1. The van der Waals surface area contributed by atoms with Crippen molar-refractivity contribution in [3.8, 4) is 0 Å². The Kier molecular flexibility index (Phi) is 4.86. The summed E-state index contributed by atoms with van der Waals surface area (Å²) < 4.78 is 26.7. The molecule has 110 valence electrons. The highest BCUT2D eigenvalue weighted by atomic mass is 19.2. The Balaban J connectivity index is 1.95. The molecule has 4 heteroatoms. The van der Waals surface area contributed by atoms with Gasteiger partial charge in [-0.15, -0.1) is 0 Å². The second-order valence-corrected chi connectivity index (χ2v) is 5.89. The van der Waals surface area contributed by atoms with E-state index in [0.29, 0.717) is 18.5 Å². The monoisotopic (exact) mass is 281 g/mol. The van der Waals surface area contributed by atoms with Crippen LogP contribution in [0, 0.1) is 17.6 Å². The molecule has 1 saturated carbocycles. The molecule has 2 nitrogen and oxygen atoms in total. The number of hydrogen-bond acceptors (Lipinski definition) is 2. The number of benzene rings is 1. The number of hydrogen-bond donors (Lipinski definition) is 0. The van der Waals surface area contributed by atoms with Crippen LogP contribution < -0.4 is 0 Å². The molecule has 1 aromatic rings. The molecule has 0 heterocycles. The Morgan fingerprint density at radius 2 is 2.05 bits per heavy atom. The van der Waals surface area contributed by atoms with Crippen LogP contribution in [0.4, 0.5) is 8.78 Å². The lowest BCUT2D eigenvalue weighted by Gasteiger charge is -2.23. The van der Waals surface area contributed by atoms with Gasteiger partial charge in [0.25, 0.3) is 0 Å². The minimum absolute atomic E-state index is 0.134. The zero-order valence-electron chi connectivity index (χ0n) is 12.0. The van der Waals surface area contributed by atoms with Gasteiger partial charge in [0.1, 0.15) is 0 Å². The maximum atomic E-state index is 13.5. The number of halogens is 2. The van der Waals surface area contributed by atoms with Crippen LogP contribution in [0.2, 0.25) is 0 Å². The van der Waals surface area contributed by atoms with Gasteiger partial charge in [0.15, 0.2) is 17.4 Å². The lowest BCUT2D eigenvalue weighted by atomic mass is 10.1. The van der Waals surface area contributed by atoms with Crippen LogP contribution in [0.25, 0.3) is 0 Å². The second-order valence-electron chi connectivity index (χ2n) is 5.89. The van der Waals surface area contributed by atoms with Gasteiger partial charge in [0.05, 0.1) is 5.56 Å². The van der Waals surface area contributed by atoms with Gasteiger partial charge in [-0.1, -0.05) is 19.9 Å². The molecule has 0 bridgehead atoms. The smallest absolute Gasteiger partial charge is 0.169 e. The van der Waals surface area contributed by atoms with Gasteiger partial charge < -0.3 is 0 Å². The van der Waals surface area contributed by atoms with Crippen molar-refractivity contribution in [1.29, 1.82) is 0 Å². The third-order valence-corrected chi connectivity index (χ3v) is 3.54. The quantitative estimate of drug-likeness (QED) is 0.711. The predicted molar refractivity (Wildman–Crippen MR) is 74.7 cm³/mol. The van der Waals surface area contributed by atoms with Crippen LogP contribution in [0.5, 0.6) is 0 Å². The van der Waals surface area contributed by atoms with Gasteiger partial charge in [-0.05, 0) is 30.9 Å². The van der Waals surface area contributed by atoms with E-state index in [1.54, 1.807) is 0 Å². The fourth-order valence-corrected chi connectivity index (χ4v) is 2.43. The molecule has 1 aromatic carbocycles. The molecule has 0 amide bonds. The maximum Gasteiger partial charge on any atom is 0.169 e. The summed E-state index contributed by atoms with van der Waals surface area (Å²) in [5.41, 5.74) is -0.134. The molecule has 0 aromatic heterocycles. The van der Waals surface area contributed by atoms with E-state index in [2.05, 4.69) is 18.7 Å². The zero-order valence-corrected chi connectivity index (χ0v) is 12.0. The summed E-state index contributed by atoms with van der Waals surface area (Å²) in [6.07, 6.45) is 2.59. The molecule has 0 aliphatic heterocycles. The Bertz CT molecular complexity index is 483. The predicted octanol–water partition coefficient (Wildman–Crippen LogP) is 3.66. The molecule has 2 rings (SSSR count). The summed E-state index contributed by atoms with van der Waals surface area (Å²) in [6.45, 7) is 5.86. The minimum atomic E-state index is -1.03. The summed E-state index contributed by atoms with van der Waals surface area (Å²) in [6, 6.07) is 4.33. The second kappa shape index (κ2) is 6.44. The van der Waals surface area contributed by atoms with E-state index >= 15 is 0 Å². The Morgan fingerprint density at radius 3 is 2.65 bits per heavy atom. The first-order valence-electron chi connectivity index (χ1n) is 7.20. The van der Waals surface area contributed by atoms with E-state index < -0.39 is 11.6 Å². The first-order valence-corrected chi connectivity index (χ1v) is 7.20. The average molecular weight is 281 g/mol. The maximum absolute atomic E-state index is 13.5.